The lowest BCUT2D eigenvalue weighted by Gasteiger charge is -2.12. The monoisotopic (exact) mass is 759 g/mol. The maximum absolute atomic E-state index is 12.0. The van der Waals surface area contributed by atoms with Crippen LogP contribution < -0.4 is 0 Å². The number of aliphatic hydroxyl groups excluding tert-OH is 2. The van der Waals surface area contributed by atoms with Gasteiger partial charge in [-0.2, -0.15) is 0 Å². The first kappa shape index (κ1) is 51.8. The van der Waals surface area contributed by atoms with Crippen molar-refractivity contribution in [3.8, 4) is 0 Å². The Bertz CT molecular complexity index is 935. The average molecular weight is 759 g/mol. The van der Waals surface area contributed by atoms with Crippen LogP contribution >= 0.6 is 0 Å². The summed E-state index contributed by atoms with van der Waals surface area (Å²) in [5.74, 6) is 0.271. The van der Waals surface area contributed by atoms with Crippen molar-refractivity contribution in [3.63, 3.8) is 0 Å². The zero-order valence-electron chi connectivity index (χ0n) is 35.5. The number of hydrogen-bond acceptors (Lipinski definition) is 6. The van der Waals surface area contributed by atoms with Crippen LogP contribution in [0.3, 0.4) is 0 Å². The van der Waals surface area contributed by atoms with Crippen LogP contribution in [0.25, 0.3) is 0 Å². The van der Waals surface area contributed by atoms with Crippen molar-refractivity contribution in [1.29, 1.82) is 0 Å². The molecule has 3 atom stereocenters. The number of rotatable bonds is 40. The van der Waals surface area contributed by atoms with E-state index in [0.29, 0.717) is 19.3 Å². The molecule has 6 heteroatoms. The fourth-order valence-corrected chi connectivity index (χ4v) is 6.31. The summed E-state index contributed by atoms with van der Waals surface area (Å²) in [4.78, 5) is 24.0. The quantitative estimate of drug-likeness (QED) is 0.0367. The van der Waals surface area contributed by atoms with Crippen LogP contribution in [0.15, 0.2) is 48.6 Å². The molecule has 0 heterocycles. The van der Waals surface area contributed by atoms with Crippen LogP contribution in [0.5, 0.6) is 0 Å². The summed E-state index contributed by atoms with van der Waals surface area (Å²) in [5, 5.41) is 19.3. The Hall–Kier alpha value is -2.18. The standard InChI is InChI=1S/C48H86O6/c1-4-44(2)38-34-30-26-22-18-14-10-7-5-6-8-12-16-20-24-28-32-36-40-47(51)53-42-46(50)43-54-48(52)41-37-33-29-25-21-17-13-9-11-15-19-23-27-31-35-39-45(3)49/h11,13,15,17,23,25,27,29,44-46,49-50H,4-10,12,14,16,18-22,24,26,28,30-43H2,1-3H3/b15-11-,17-13-,27-23-,29-25-/t44?,45-,46+/m1/s1. The highest BCUT2D eigenvalue weighted by molar-refractivity contribution is 5.69. The van der Waals surface area contributed by atoms with Crippen LogP contribution in [-0.2, 0) is 19.1 Å². The van der Waals surface area contributed by atoms with Gasteiger partial charge in [-0.05, 0) is 70.6 Å². The molecule has 0 bridgehead atoms. The van der Waals surface area contributed by atoms with Gasteiger partial charge in [0.2, 0.25) is 0 Å². The van der Waals surface area contributed by atoms with E-state index in [0.717, 1.165) is 70.1 Å². The zero-order valence-corrected chi connectivity index (χ0v) is 35.5. The van der Waals surface area contributed by atoms with E-state index in [1.165, 1.54) is 109 Å². The summed E-state index contributed by atoms with van der Waals surface area (Å²) in [7, 11) is 0. The van der Waals surface area contributed by atoms with Gasteiger partial charge in [-0.25, -0.2) is 0 Å². The minimum atomic E-state index is -0.994. The first-order valence-electron chi connectivity index (χ1n) is 22.6. The van der Waals surface area contributed by atoms with E-state index in [4.69, 9.17) is 9.47 Å². The number of carbonyl (C=O) groups is 2. The van der Waals surface area contributed by atoms with E-state index in [2.05, 4.69) is 62.5 Å². The van der Waals surface area contributed by atoms with E-state index in [1.807, 2.05) is 6.92 Å². The lowest BCUT2D eigenvalue weighted by molar-refractivity contribution is -0.152. The predicted octanol–water partition coefficient (Wildman–Crippen LogP) is 13.4. The number of ether oxygens (including phenoxy) is 2. The fourth-order valence-electron chi connectivity index (χ4n) is 6.31. The maximum Gasteiger partial charge on any atom is 0.305 e. The number of esters is 2. The third-order valence-corrected chi connectivity index (χ3v) is 10.1. The van der Waals surface area contributed by atoms with Gasteiger partial charge < -0.3 is 19.7 Å². The Morgan fingerprint density at radius 3 is 1.22 bits per heavy atom. The molecule has 314 valence electrons. The molecule has 0 aromatic rings. The van der Waals surface area contributed by atoms with Crippen LogP contribution in [0.2, 0.25) is 0 Å². The summed E-state index contributed by atoms with van der Waals surface area (Å²) in [5.41, 5.74) is 0. The van der Waals surface area contributed by atoms with Gasteiger partial charge in [-0.3, -0.25) is 9.59 Å². The number of unbranched alkanes of at least 4 members (excludes halogenated alkanes) is 19. The van der Waals surface area contributed by atoms with E-state index < -0.39 is 6.10 Å². The van der Waals surface area contributed by atoms with E-state index in [-0.39, 0.29) is 31.3 Å². The van der Waals surface area contributed by atoms with Crippen LogP contribution in [0, 0.1) is 5.92 Å². The summed E-state index contributed by atoms with van der Waals surface area (Å²) < 4.78 is 10.3. The summed E-state index contributed by atoms with van der Waals surface area (Å²) >= 11 is 0. The largest absolute Gasteiger partial charge is 0.463 e. The molecular formula is C48H86O6. The van der Waals surface area contributed by atoms with Gasteiger partial charge in [-0.1, -0.05) is 184 Å². The van der Waals surface area contributed by atoms with Crippen molar-refractivity contribution in [1.82, 2.24) is 0 Å². The second-order valence-corrected chi connectivity index (χ2v) is 15.7. The second kappa shape index (κ2) is 42.0. The molecule has 2 N–H and O–H groups in total. The zero-order chi connectivity index (χ0) is 39.6. The molecule has 0 aliphatic heterocycles. The molecule has 0 aromatic carbocycles. The van der Waals surface area contributed by atoms with Crippen molar-refractivity contribution in [3.05, 3.63) is 48.6 Å². The molecule has 0 rings (SSSR count). The minimum absolute atomic E-state index is 0.139. The number of allylic oxidation sites excluding steroid dienone is 8. The Kier molecular flexibility index (Phi) is 40.3. The molecule has 0 aromatic heterocycles. The molecule has 6 nitrogen and oxygen atoms in total. The smallest absolute Gasteiger partial charge is 0.305 e. The summed E-state index contributed by atoms with van der Waals surface area (Å²) in [6.45, 7) is 6.22. The molecule has 0 saturated carbocycles. The Morgan fingerprint density at radius 1 is 0.463 bits per heavy atom. The highest BCUT2D eigenvalue weighted by Gasteiger charge is 2.12. The highest BCUT2D eigenvalue weighted by atomic mass is 16.6. The van der Waals surface area contributed by atoms with Crippen molar-refractivity contribution in [2.75, 3.05) is 13.2 Å². The lowest BCUT2D eigenvalue weighted by Crippen LogP contribution is -2.25. The Morgan fingerprint density at radius 2 is 0.815 bits per heavy atom. The van der Waals surface area contributed by atoms with Gasteiger partial charge in [0, 0.05) is 12.8 Å². The van der Waals surface area contributed by atoms with Gasteiger partial charge >= 0.3 is 11.9 Å². The number of carbonyl (C=O) groups excluding carboxylic acids is 2. The third-order valence-electron chi connectivity index (χ3n) is 10.1. The number of aliphatic hydroxyl groups is 2. The van der Waals surface area contributed by atoms with Gasteiger partial charge in [0.15, 0.2) is 0 Å². The molecule has 0 amide bonds. The van der Waals surface area contributed by atoms with Gasteiger partial charge in [-0.15, -0.1) is 0 Å². The van der Waals surface area contributed by atoms with E-state index >= 15 is 0 Å². The van der Waals surface area contributed by atoms with Crippen molar-refractivity contribution < 1.29 is 29.3 Å². The van der Waals surface area contributed by atoms with Crippen LogP contribution in [-0.4, -0.2) is 47.6 Å². The van der Waals surface area contributed by atoms with Crippen molar-refractivity contribution in [2.24, 2.45) is 5.92 Å². The number of hydrogen-bond donors (Lipinski definition) is 2. The maximum atomic E-state index is 12.0. The molecule has 54 heavy (non-hydrogen) atoms. The minimum Gasteiger partial charge on any atom is -0.463 e. The summed E-state index contributed by atoms with van der Waals surface area (Å²) in [6.07, 6.45) is 50.2. The molecule has 0 spiro atoms. The lowest BCUT2D eigenvalue weighted by atomic mass is 9.99. The first-order valence-corrected chi connectivity index (χ1v) is 22.6. The molecular weight excluding hydrogens is 673 g/mol. The van der Waals surface area contributed by atoms with Gasteiger partial charge in [0.1, 0.15) is 19.3 Å². The third kappa shape index (κ3) is 42.6. The van der Waals surface area contributed by atoms with E-state index in [9.17, 15) is 19.8 Å². The van der Waals surface area contributed by atoms with E-state index in [1.54, 1.807) is 0 Å². The van der Waals surface area contributed by atoms with Crippen LogP contribution in [0.1, 0.15) is 213 Å². The molecule has 0 aliphatic rings. The van der Waals surface area contributed by atoms with Gasteiger partial charge in [0.05, 0.1) is 6.10 Å². The van der Waals surface area contributed by atoms with Crippen molar-refractivity contribution >= 4 is 11.9 Å². The molecule has 0 radical (unpaired) electrons. The molecule has 1 unspecified atom stereocenters. The fraction of sp³-hybridized carbons (Fsp3) is 0.792. The molecule has 0 saturated heterocycles. The average Bonchev–Trinajstić information content (AvgIpc) is 3.16. The molecule has 0 fully saturated rings. The highest BCUT2D eigenvalue weighted by Crippen LogP contribution is 2.17. The molecule has 0 aliphatic carbocycles. The Labute approximate surface area is 333 Å². The first-order chi connectivity index (χ1) is 26.3. The van der Waals surface area contributed by atoms with Crippen molar-refractivity contribution in [2.45, 2.75) is 226 Å². The topological polar surface area (TPSA) is 93.1 Å². The van der Waals surface area contributed by atoms with Crippen LogP contribution in [0.4, 0.5) is 0 Å². The summed E-state index contributed by atoms with van der Waals surface area (Å²) in [6, 6.07) is 0. The second-order valence-electron chi connectivity index (χ2n) is 15.7. The SMILES string of the molecule is CCC(C)CCCCCCCCCCCCCCCCCCCCC(=O)OC[C@H](O)COC(=O)CCC/C=C\C/C=C\C/C=C\C/C=C\CCC[C@@H](C)O. The van der Waals surface area contributed by atoms with Gasteiger partial charge in [0.25, 0.3) is 0 Å². The Balaban J connectivity index is 3.48. The predicted molar refractivity (Wildman–Crippen MR) is 230 cm³/mol. The normalized spacial score (nSPS) is 13.8.